The highest BCUT2D eigenvalue weighted by Gasteiger charge is 2.20. The SMILES string of the molecule is CCCNc1ncnc(N2CCC(C)CC2)c1N. The van der Waals surface area contributed by atoms with Gasteiger partial charge in [0.1, 0.15) is 12.0 Å². The minimum absolute atomic E-state index is 0.681. The number of hydrogen-bond acceptors (Lipinski definition) is 5. The zero-order valence-electron chi connectivity index (χ0n) is 11.3. The number of aromatic nitrogens is 2. The van der Waals surface area contributed by atoms with Crippen molar-refractivity contribution in [2.24, 2.45) is 5.92 Å². The van der Waals surface area contributed by atoms with Crippen molar-refractivity contribution in [3.63, 3.8) is 0 Å². The highest BCUT2D eigenvalue weighted by atomic mass is 15.2. The number of hydrogen-bond donors (Lipinski definition) is 2. The van der Waals surface area contributed by atoms with Crippen LogP contribution in [0, 0.1) is 5.92 Å². The van der Waals surface area contributed by atoms with Gasteiger partial charge in [-0.25, -0.2) is 9.97 Å². The summed E-state index contributed by atoms with van der Waals surface area (Å²) in [5, 5.41) is 3.25. The van der Waals surface area contributed by atoms with E-state index in [0.717, 1.165) is 43.6 Å². The molecule has 0 amide bonds. The van der Waals surface area contributed by atoms with Gasteiger partial charge in [-0.1, -0.05) is 13.8 Å². The molecule has 2 rings (SSSR count). The molecule has 5 heteroatoms. The van der Waals surface area contributed by atoms with Gasteiger partial charge in [-0.15, -0.1) is 0 Å². The van der Waals surface area contributed by atoms with Crippen molar-refractivity contribution >= 4 is 17.3 Å². The van der Waals surface area contributed by atoms with E-state index in [-0.39, 0.29) is 0 Å². The first kappa shape index (κ1) is 12.9. The van der Waals surface area contributed by atoms with Crippen LogP contribution in [0.25, 0.3) is 0 Å². The number of nitrogen functional groups attached to an aromatic ring is 1. The molecule has 0 aromatic carbocycles. The Balaban J connectivity index is 2.12. The Kier molecular flexibility index (Phi) is 4.23. The molecule has 0 atom stereocenters. The van der Waals surface area contributed by atoms with Gasteiger partial charge in [0.15, 0.2) is 11.6 Å². The van der Waals surface area contributed by atoms with E-state index in [0.29, 0.717) is 5.69 Å². The number of nitrogens with two attached hydrogens (primary N) is 1. The zero-order valence-corrected chi connectivity index (χ0v) is 11.3. The molecule has 0 spiro atoms. The van der Waals surface area contributed by atoms with Crippen LogP contribution in [0.15, 0.2) is 6.33 Å². The van der Waals surface area contributed by atoms with Gasteiger partial charge in [0, 0.05) is 19.6 Å². The molecule has 0 unspecified atom stereocenters. The summed E-state index contributed by atoms with van der Waals surface area (Å²) in [6.07, 6.45) is 5.07. The monoisotopic (exact) mass is 249 g/mol. The third-order valence-corrected chi connectivity index (χ3v) is 3.49. The molecule has 1 saturated heterocycles. The smallest absolute Gasteiger partial charge is 0.157 e. The number of piperidine rings is 1. The second-order valence-electron chi connectivity index (χ2n) is 5.06. The predicted octanol–water partition coefficient (Wildman–Crippen LogP) is 2.12. The van der Waals surface area contributed by atoms with E-state index in [9.17, 15) is 0 Å². The van der Waals surface area contributed by atoms with Gasteiger partial charge in [0.05, 0.1) is 0 Å². The molecule has 2 heterocycles. The van der Waals surface area contributed by atoms with Crippen LogP contribution in [0.4, 0.5) is 17.3 Å². The van der Waals surface area contributed by atoms with E-state index in [2.05, 4.69) is 34.0 Å². The summed E-state index contributed by atoms with van der Waals surface area (Å²) < 4.78 is 0. The highest BCUT2D eigenvalue weighted by molar-refractivity contribution is 5.74. The third kappa shape index (κ3) is 2.83. The average Bonchev–Trinajstić information content (AvgIpc) is 2.39. The Hall–Kier alpha value is -1.52. The molecule has 1 aromatic rings. The Morgan fingerprint density at radius 3 is 2.78 bits per heavy atom. The Morgan fingerprint density at radius 2 is 2.11 bits per heavy atom. The lowest BCUT2D eigenvalue weighted by Gasteiger charge is -2.32. The van der Waals surface area contributed by atoms with E-state index < -0.39 is 0 Å². The molecule has 100 valence electrons. The van der Waals surface area contributed by atoms with Gasteiger partial charge in [-0.05, 0) is 25.2 Å². The van der Waals surface area contributed by atoms with Crippen LogP contribution < -0.4 is 16.0 Å². The topological polar surface area (TPSA) is 67.1 Å². The van der Waals surface area contributed by atoms with Gasteiger partial charge in [0.2, 0.25) is 0 Å². The summed E-state index contributed by atoms with van der Waals surface area (Å²) in [6, 6.07) is 0. The molecule has 1 aliphatic heterocycles. The van der Waals surface area contributed by atoms with Crippen molar-refractivity contribution in [1.29, 1.82) is 0 Å². The summed E-state index contributed by atoms with van der Waals surface area (Å²) in [4.78, 5) is 10.8. The molecular formula is C13H23N5. The molecule has 1 aromatic heterocycles. The van der Waals surface area contributed by atoms with Crippen LogP contribution in [0.5, 0.6) is 0 Å². The van der Waals surface area contributed by atoms with Crippen molar-refractivity contribution in [3.8, 4) is 0 Å². The average molecular weight is 249 g/mol. The second-order valence-corrected chi connectivity index (χ2v) is 5.06. The van der Waals surface area contributed by atoms with Gasteiger partial charge < -0.3 is 16.0 Å². The number of rotatable bonds is 4. The first-order valence-electron chi connectivity index (χ1n) is 6.81. The largest absolute Gasteiger partial charge is 0.393 e. The fraction of sp³-hybridized carbons (Fsp3) is 0.692. The maximum absolute atomic E-state index is 6.16. The minimum atomic E-state index is 0.681. The normalized spacial score (nSPS) is 16.9. The van der Waals surface area contributed by atoms with E-state index in [1.54, 1.807) is 6.33 Å². The molecule has 18 heavy (non-hydrogen) atoms. The van der Waals surface area contributed by atoms with Crippen molar-refractivity contribution in [3.05, 3.63) is 6.33 Å². The summed E-state index contributed by atoms with van der Waals surface area (Å²) in [5.41, 5.74) is 6.84. The Bertz CT molecular complexity index is 385. The molecule has 1 aliphatic rings. The quantitative estimate of drug-likeness (QED) is 0.855. The summed E-state index contributed by atoms with van der Waals surface area (Å²) >= 11 is 0. The van der Waals surface area contributed by atoms with Gasteiger partial charge in [-0.2, -0.15) is 0 Å². The maximum atomic E-state index is 6.16. The van der Waals surface area contributed by atoms with Crippen molar-refractivity contribution in [2.75, 3.05) is 35.6 Å². The molecule has 3 N–H and O–H groups in total. The van der Waals surface area contributed by atoms with Crippen LogP contribution in [0.1, 0.15) is 33.1 Å². The molecule has 0 bridgehead atoms. The summed E-state index contributed by atoms with van der Waals surface area (Å²) in [5.74, 6) is 2.46. The summed E-state index contributed by atoms with van der Waals surface area (Å²) in [7, 11) is 0. The van der Waals surface area contributed by atoms with Crippen LogP contribution in [-0.4, -0.2) is 29.6 Å². The predicted molar refractivity (Wildman–Crippen MR) is 75.8 cm³/mol. The minimum Gasteiger partial charge on any atom is -0.393 e. The van der Waals surface area contributed by atoms with E-state index in [1.165, 1.54) is 12.8 Å². The second kappa shape index (κ2) is 5.89. The lowest BCUT2D eigenvalue weighted by atomic mass is 9.99. The Morgan fingerprint density at radius 1 is 1.39 bits per heavy atom. The van der Waals surface area contributed by atoms with Crippen molar-refractivity contribution < 1.29 is 0 Å². The van der Waals surface area contributed by atoms with Gasteiger partial charge in [-0.3, -0.25) is 0 Å². The van der Waals surface area contributed by atoms with Crippen LogP contribution in [0.3, 0.4) is 0 Å². The number of anilines is 3. The molecule has 0 radical (unpaired) electrons. The molecule has 0 saturated carbocycles. The first-order valence-corrected chi connectivity index (χ1v) is 6.81. The van der Waals surface area contributed by atoms with E-state index >= 15 is 0 Å². The van der Waals surface area contributed by atoms with Crippen molar-refractivity contribution in [1.82, 2.24) is 9.97 Å². The fourth-order valence-electron chi connectivity index (χ4n) is 2.24. The zero-order chi connectivity index (χ0) is 13.0. The lowest BCUT2D eigenvalue weighted by Crippen LogP contribution is -2.34. The highest BCUT2D eigenvalue weighted by Crippen LogP contribution is 2.29. The van der Waals surface area contributed by atoms with Crippen LogP contribution >= 0.6 is 0 Å². The molecule has 0 aliphatic carbocycles. The number of nitrogens with one attached hydrogen (secondary N) is 1. The summed E-state index contributed by atoms with van der Waals surface area (Å²) in [6.45, 7) is 7.38. The van der Waals surface area contributed by atoms with Crippen LogP contribution in [0.2, 0.25) is 0 Å². The lowest BCUT2D eigenvalue weighted by molar-refractivity contribution is 0.437. The fourth-order valence-corrected chi connectivity index (χ4v) is 2.24. The standard InChI is InChI=1S/C13H23N5/c1-3-6-15-12-11(14)13(17-9-16-12)18-7-4-10(2)5-8-18/h9-10H,3-8,14H2,1-2H3,(H,15,16,17). The first-order chi connectivity index (χ1) is 8.72. The van der Waals surface area contributed by atoms with E-state index in [4.69, 9.17) is 5.73 Å². The Labute approximate surface area is 109 Å². The molecule has 1 fully saturated rings. The number of nitrogens with zero attached hydrogens (tertiary/aromatic N) is 3. The third-order valence-electron chi connectivity index (χ3n) is 3.49. The van der Waals surface area contributed by atoms with Gasteiger partial charge in [0.25, 0.3) is 0 Å². The van der Waals surface area contributed by atoms with Gasteiger partial charge >= 0.3 is 0 Å². The maximum Gasteiger partial charge on any atom is 0.157 e. The van der Waals surface area contributed by atoms with Crippen molar-refractivity contribution in [2.45, 2.75) is 33.1 Å². The molecule has 5 nitrogen and oxygen atoms in total. The molecular weight excluding hydrogens is 226 g/mol. The van der Waals surface area contributed by atoms with Crippen LogP contribution in [-0.2, 0) is 0 Å². The van der Waals surface area contributed by atoms with E-state index in [1.807, 2.05) is 0 Å².